The minimum absolute atomic E-state index is 0.228. The molecule has 0 saturated carbocycles. The van der Waals surface area contributed by atoms with Crippen LogP contribution in [-0.2, 0) is 5.41 Å². The molecule has 0 unspecified atom stereocenters. The van der Waals surface area contributed by atoms with E-state index in [1.54, 1.807) is 0 Å². The van der Waals surface area contributed by atoms with Gasteiger partial charge in [-0.25, -0.2) is 0 Å². The molecule has 28 heavy (non-hydrogen) atoms. The molecule has 5 rings (SSSR count). The summed E-state index contributed by atoms with van der Waals surface area (Å²) in [6.45, 7) is 2.36. The average molecular weight is 399 g/mol. The topological polar surface area (TPSA) is 0 Å². The van der Waals surface area contributed by atoms with E-state index in [2.05, 4.69) is 91.9 Å². The molecule has 136 valence electrons. The van der Waals surface area contributed by atoms with Crippen molar-refractivity contribution in [1.82, 2.24) is 0 Å². The molecular weight excluding hydrogens is 380 g/mol. The molecule has 1 aliphatic heterocycles. The smallest absolute Gasteiger partial charge is 0.0451 e. The Morgan fingerprint density at radius 1 is 0.607 bits per heavy atom. The largest absolute Gasteiger partial charge is 0.0894 e. The molecule has 0 atom stereocenters. The van der Waals surface area contributed by atoms with Crippen molar-refractivity contribution < 1.29 is 0 Å². The summed E-state index contributed by atoms with van der Waals surface area (Å²) in [5.74, 6) is 0. The second kappa shape index (κ2) is 6.84. The summed E-state index contributed by atoms with van der Waals surface area (Å²) in [4.78, 5) is 2.66. The van der Waals surface area contributed by atoms with Crippen LogP contribution in [0.4, 0.5) is 0 Å². The fraction of sp³-hybridized carbons (Fsp3) is 0.0769. The molecule has 4 aromatic carbocycles. The maximum Gasteiger partial charge on any atom is 0.0451 e. The van der Waals surface area contributed by atoms with E-state index in [9.17, 15) is 0 Å². The van der Waals surface area contributed by atoms with Crippen molar-refractivity contribution in [3.05, 3.63) is 119 Å². The van der Waals surface area contributed by atoms with Crippen molar-refractivity contribution >= 4 is 23.4 Å². The van der Waals surface area contributed by atoms with Crippen LogP contribution >= 0.6 is 23.4 Å². The predicted octanol–water partition coefficient (Wildman–Crippen LogP) is 7.83. The highest BCUT2D eigenvalue weighted by Crippen LogP contribution is 2.53. The summed E-state index contributed by atoms with van der Waals surface area (Å²) in [5.41, 5.74) is 6.25. The summed E-state index contributed by atoms with van der Waals surface area (Å²) in [7, 11) is 0. The highest BCUT2D eigenvalue weighted by Gasteiger charge is 2.39. The third kappa shape index (κ3) is 2.70. The van der Waals surface area contributed by atoms with Crippen LogP contribution in [0.1, 0.15) is 23.6 Å². The van der Waals surface area contributed by atoms with Gasteiger partial charge in [-0.15, -0.1) is 0 Å². The Balaban J connectivity index is 1.82. The molecule has 0 N–H and O–H groups in total. The van der Waals surface area contributed by atoms with Crippen LogP contribution in [0.25, 0.3) is 11.1 Å². The number of halogens is 1. The fourth-order valence-electron chi connectivity index (χ4n) is 4.29. The van der Waals surface area contributed by atoms with E-state index in [4.69, 9.17) is 11.6 Å². The highest BCUT2D eigenvalue weighted by molar-refractivity contribution is 7.99. The van der Waals surface area contributed by atoms with Crippen molar-refractivity contribution in [2.45, 2.75) is 22.1 Å². The van der Waals surface area contributed by atoms with E-state index in [0.717, 1.165) is 5.02 Å². The highest BCUT2D eigenvalue weighted by atomic mass is 35.5. The van der Waals surface area contributed by atoms with Gasteiger partial charge >= 0.3 is 0 Å². The molecular formula is C26H19ClS. The normalized spacial score (nSPS) is 14.2. The molecule has 4 aromatic rings. The first-order chi connectivity index (χ1) is 13.7. The lowest BCUT2D eigenvalue weighted by Crippen LogP contribution is -2.29. The Morgan fingerprint density at radius 2 is 1.11 bits per heavy atom. The van der Waals surface area contributed by atoms with Gasteiger partial charge in [0.25, 0.3) is 0 Å². The van der Waals surface area contributed by atoms with Gasteiger partial charge in [0.2, 0.25) is 0 Å². The Kier molecular flexibility index (Phi) is 4.30. The van der Waals surface area contributed by atoms with Crippen molar-refractivity contribution in [2.75, 3.05) is 0 Å². The summed E-state index contributed by atoms with van der Waals surface area (Å²) < 4.78 is 0. The lowest BCUT2D eigenvalue weighted by atomic mass is 9.68. The van der Waals surface area contributed by atoms with Gasteiger partial charge < -0.3 is 0 Å². The zero-order chi connectivity index (χ0) is 19.1. The molecule has 1 aliphatic rings. The predicted molar refractivity (Wildman–Crippen MR) is 119 cm³/mol. The molecule has 0 saturated heterocycles. The molecule has 0 spiro atoms. The molecule has 1 heterocycles. The second-order valence-electron chi connectivity index (χ2n) is 7.27. The average Bonchev–Trinajstić information content (AvgIpc) is 2.75. The van der Waals surface area contributed by atoms with Crippen molar-refractivity contribution in [3.8, 4) is 11.1 Å². The number of hydrogen-bond donors (Lipinski definition) is 0. The van der Waals surface area contributed by atoms with Crippen LogP contribution in [0, 0.1) is 0 Å². The van der Waals surface area contributed by atoms with Crippen LogP contribution < -0.4 is 0 Å². The van der Waals surface area contributed by atoms with Crippen molar-refractivity contribution in [2.24, 2.45) is 0 Å². The van der Waals surface area contributed by atoms with Gasteiger partial charge in [0.1, 0.15) is 0 Å². The Bertz CT molecular complexity index is 1120. The van der Waals surface area contributed by atoms with Crippen LogP contribution in [0.15, 0.2) is 107 Å². The Labute approximate surface area is 175 Å². The fourth-order valence-corrected chi connectivity index (χ4v) is 5.71. The summed E-state index contributed by atoms with van der Waals surface area (Å²) in [6.07, 6.45) is 0. The molecule has 0 radical (unpaired) electrons. The third-order valence-electron chi connectivity index (χ3n) is 5.69. The second-order valence-corrected chi connectivity index (χ2v) is 8.79. The van der Waals surface area contributed by atoms with Crippen LogP contribution in [0.3, 0.4) is 0 Å². The minimum atomic E-state index is -0.228. The van der Waals surface area contributed by atoms with Crippen LogP contribution in [0.2, 0.25) is 5.02 Å². The first-order valence-corrected chi connectivity index (χ1v) is 10.6. The summed E-state index contributed by atoms with van der Waals surface area (Å²) in [6, 6.07) is 34.5. The lowest BCUT2D eigenvalue weighted by molar-refractivity contribution is 0.656. The molecule has 0 fully saturated rings. The van der Waals surface area contributed by atoms with Gasteiger partial charge in [-0.1, -0.05) is 96.2 Å². The van der Waals surface area contributed by atoms with Gasteiger partial charge in [0, 0.05) is 20.2 Å². The van der Waals surface area contributed by atoms with E-state index >= 15 is 0 Å². The molecule has 0 aromatic heterocycles. The molecule has 0 nitrogen and oxygen atoms in total. The lowest BCUT2D eigenvalue weighted by Gasteiger charge is -2.39. The van der Waals surface area contributed by atoms with Gasteiger partial charge in [-0.2, -0.15) is 0 Å². The minimum Gasteiger partial charge on any atom is -0.0894 e. The first kappa shape index (κ1) is 17.6. The standard InChI is InChI=1S/C26H19ClS/c1-26(21-9-3-2-8-20(21)18-14-16-19(27)17-15-18)22-10-4-6-12-24(22)28-25-13-7-5-11-23(25)26/h2-17H,1H3. The maximum atomic E-state index is 6.15. The van der Waals surface area contributed by atoms with E-state index < -0.39 is 0 Å². The zero-order valence-corrected chi connectivity index (χ0v) is 17.1. The quantitative estimate of drug-likeness (QED) is 0.331. The van der Waals surface area contributed by atoms with Crippen LogP contribution in [-0.4, -0.2) is 0 Å². The monoisotopic (exact) mass is 398 g/mol. The molecule has 0 aliphatic carbocycles. The third-order valence-corrected chi connectivity index (χ3v) is 7.10. The van der Waals surface area contributed by atoms with Gasteiger partial charge in [0.05, 0.1) is 0 Å². The van der Waals surface area contributed by atoms with E-state index in [1.807, 2.05) is 23.9 Å². The van der Waals surface area contributed by atoms with E-state index in [0.29, 0.717) is 0 Å². The van der Waals surface area contributed by atoms with Crippen molar-refractivity contribution in [1.29, 1.82) is 0 Å². The summed E-state index contributed by atoms with van der Waals surface area (Å²) >= 11 is 8.01. The van der Waals surface area contributed by atoms with Crippen LogP contribution in [0.5, 0.6) is 0 Å². The first-order valence-electron chi connectivity index (χ1n) is 9.40. The van der Waals surface area contributed by atoms with E-state index in [1.165, 1.54) is 37.6 Å². The number of rotatable bonds is 2. The summed E-state index contributed by atoms with van der Waals surface area (Å²) in [5, 5.41) is 0.761. The molecule has 0 amide bonds. The SMILES string of the molecule is CC1(c2ccccc2-c2ccc(Cl)cc2)c2ccccc2Sc2ccccc21. The van der Waals surface area contributed by atoms with Crippen molar-refractivity contribution in [3.63, 3.8) is 0 Å². The molecule has 0 bridgehead atoms. The van der Waals surface area contributed by atoms with Gasteiger partial charge in [-0.3, -0.25) is 0 Å². The number of fused-ring (bicyclic) bond motifs is 2. The maximum absolute atomic E-state index is 6.15. The zero-order valence-electron chi connectivity index (χ0n) is 15.5. The number of hydrogen-bond acceptors (Lipinski definition) is 1. The Hall–Kier alpha value is -2.48. The van der Waals surface area contributed by atoms with Gasteiger partial charge in [0.15, 0.2) is 0 Å². The molecule has 2 heteroatoms. The number of benzene rings is 4. The Morgan fingerprint density at radius 3 is 1.71 bits per heavy atom. The van der Waals surface area contributed by atoms with E-state index in [-0.39, 0.29) is 5.41 Å². The van der Waals surface area contributed by atoms with Gasteiger partial charge in [-0.05, 0) is 59.0 Å².